The van der Waals surface area contributed by atoms with Crippen LogP contribution in [0.4, 0.5) is 0 Å². The molecule has 3 N–H and O–H groups in total. The summed E-state index contributed by atoms with van der Waals surface area (Å²) in [5, 5.41) is 28.0. The maximum absolute atomic E-state index is 9.35. The first-order chi connectivity index (χ1) is 15.1. The van der Waals surface area contributed by atoms with Gasteiger partial charge in [-0.1, -0.05) is 72.8 Å². The summed E-state index contributed by atoms with van der Waals surface area (Å²) in [5.41, 5.74) is 6.58. The Morgan fingerprint density at radius 3 is 1.16 bits per heavy atom. The highest BCUT2D eigenvalue weighted by molar-refractivity contribution is 9.10. The fourth-order valence-electron chi connectivity index (χ4n) is 3.25. The largest absolute Gasteiger partial charge is 0.392 e. The van der Waals surface area contributed by atoms with E-state index in [9.17, 15) is 15.3 Å². The van der Waals surface area contributed by atoms with Crippen LogP contribution in [-0.2, 0) is 19.8 Å². The molecule has 0 amide bonds. The Morgan fingerprint density at radius 1 is 0.516 bits per heavy atom. The van der Waals surface area contributed by atoms with Gasteiger partial charge in [-0.2, -0.15) is 0 Å². The smallest absolute Gasteiger partial charge is 0.160 e. The Bertz CT molecular complexity index is 1110. The third kappa shape index (κ3) is 4.57. The summed E-state index contributed by atoms with van der Waals surface area (Å²) in [6.07, 6.45) is 0. The Labute approximate surface area is 188 Å². The van der Waals surface area contributed by atoms with Gasteiger partial charge in [-0.25, -0.2) is 9.97 Å². The first kappa shape index (κ1) is 21.3. The van der Waals surface area contributed by atoms with E-state index in [1.165, 1.54) is 0 Å². The van der Waals surface area contributed by atoms with E-state index >= 15 is 0 Å². The van der Waals surface area contributed by atoms with Crippen molar-refractivity contribution in [2.75, 3.05) is 0 Å². The number of rotatable bonds is 6. The van der Waals surface area contributed by atoms with E-state index in [0.717, 1.165) is 49.2 Å². The van der Waals surface area contributed by atoms with Gasteiger partial charge < -0.3 is 15.3 Å². The number of benzene rings is 3. The molecule has 156 valence electrons. The maximum atomic E-state index is 9.35. The van der Waals surface area contributed by atoms with Gasteiger partial charge in [0.15, 0.2) is 5.82 Å². The topological polar surface area (TPSA) is 86.5 Å². The average Bonchev–Trinajstić information content (AvgIpc) is 2.84. The van der Waals surface area contributed by atoms with Gasteiger partial charge in [0.25, 0.3) is 0 Å². The quantitative estimate of drug-likeness (QED) is 0.374. The lowest BCUT2D eigenvalue weighted by Gasteiger charge is -2.13. The van der Waals surface area contributed by atoms with E-state index in [-0.39, 0.29) is 19.8 Å². The number of aliphatic hydroxyl groups excluding tert-OH is 3. The first-order valence-corrected chi connectivity index (χ1v) is 10.6. The molecule has 0 radical (unpaired) electrons. The minimum absolute atomic E-state index is 0.0177. The normalized spacial score (nSPS) is 11.0. The molecule has 0 saturated heterocycles. The number of nitrogens with zero attached hydrogens (tertiary/aromatic N) is 2. The molecule has 0 atom stereocenters. The zero-order chi connectivity index (χ0) is 21.8. The van der Waals surface area contributed by atoms with Crippen LogP contribution in [0.2, 0.25) is 0 Å². The third-order valence-electron chi connectivity index (χ3n) is 5.07. The second-order valence-electron chi connectivity index (χ2n) is 7.12. The van der Waals surface area contributed by atoms with Crippen molar-refractivity contribution in [2.24, 2.45) is 0 Å². The molecular weight excluding hydrogens is 456 g/mol. The SMILES string of the molecule is OCc1ccc(-c2nc(-c3ccc(CO)cc3)c(Br)c(-c3ccc(CO)cc3)n2)cc1. The van der Waals surface area contributed by atoms with Gasteiger partial charge in [-0.3, -0.25) is 0 Å². The number of aliphatic hydroxyl groups is 3. The van der Waals surface area contributed by atoms with Crippen molar-refractivity contribution in [3.63, 3.8) is 0 Å². The van der Waals surface area contributed by atoms with E-state index in [0.29, 0.717) is 5.82 Å². The lowest BCUT2D eigenvalue weighted by Crippen LogP contribution is -1.99. The van der Waals surface area contributed by atoms with Gasteiger partial charge in [0.2, 0.25) is 0 Å². The van der Waals surface area contributed by atoms with E-state index in [1.54, 1.807) is 0 Å². The van der Waals surface area contributed by atoms with Crippen LogP contribution in [0, 0.1) is 0 Å². The molecule has 0 fully saturated rings. The Balaban J connectivity index is 1.89. The zero-order valence-electron chi connectivity index (χ0n) is 16.7. The van der Waals surface area contributed by atoms with Crippen molar-refractivity contribution in [3.8, 4) is 33.9 Å². The number of aromatic nitrogens is 2. The molecule has 4 rings (SSSR count). The second-order valence-corrected chi connectivity index (χ2v) is 7.92. The minimum atomic E-state index is -0.0214. The molecule has 3 aromatic carbocycles. The van der Waals surface area contributed by atoms with Gasteiger partial charge in [0.1, 0.15) is 0 Å². The summed E-state index contributed by atoms with van der Waals surface area (Å²) in [6, 6.07) is 22.7. The fourth-order valence-corrected chi connectivity index (χ4v) is 3.89. The highest BCUT2D eigenvalue weighted by Gasteiger charge is 2.17. The highest BCUT2D eigenvalue weighted by Crippen LogP contribution is 2.36. The van der Waals surface area contributed by atoms with Crippen LogP contribution in [0.1, 0.15) is 16.7 Å². The molecule has 0 saturated carbocycles. The Hall–Kier alpha value is -2.90. The van der Waals surface area contributed by atoms with Gasteiger partial charge in [-0.05, 0) is 32.6 Å². The van der Waals surface area contributed by atoms with Crippen LogP contribution in [-0.4, -0.2) is 25.3 Å². The van der Waals surface area contributed by atoms with Crippen LogP contribution in [0.5, 0.6) is 0 Å². The molecular formula is C25H21BrN2O3. The van der Waals surface area contributed by atoms with E-state index in [4.69, 9.17) is 9.97 Å². The number of hydrogen-bond donors (Lipinski definition) is 3. The molecule has 0 aliphatic rings. The van der Waals surface area contributed by atoms with Crippen LogP contribution in [0.25, 0.3) is 33.9 Å². The molecule has 0 bridgehead atoms. The highest BCUT2D eigenvalue weighted by atomic mass is 79.9. The minimum Gasteiger partial charge on any atom is -0.392 e. The molecule has 1 heterocycles. The summed E-state index contributed by atoms with van der Waals surface area (Å²) in [5.74, 6) is 0.565. The molecule has 5 nitrogen and oxygen atoms in total. The van der Waals surface area contributed by atoms with E-state index in [1.807, 2.05) is 72.8 Å². The van der Waals surface area contributed by atoms with Gasteiger partial charge in [-0.15, -0.1) is 0 Å². The summed E-state index contributed by atoms with van der Waals surface area (Å²) in [6.45, 7) is -0.0569. The van der Waals surface area contributed by atoms with Crippen molar-refractivity contribution in [1.82, 2.24) is 9.97 Å². The lowest BCUT2D eigenvalue weighted by molar-refractivity contribution is 0.281. The van der Waals surface area contributed by atoms with E-state index in [2.05, 4.69) is 15.9 Å². The van der Waals surface area contributed by atoms with Crippen molar-refractivity contribution >= 4 is 15.9 Å². The molecule has 0 unspecified atom stereocenters. The molecule has 0 aliphatic carbocycles. The fraction of sp³-hybridized carbons (Fsp3) is 0.120. The third-order valence-corrected chi connectivity index (χ3v) is 5.82. The first-order valence-electron chi connectivity index (χ1n) is 9.81. The molecule has 4 aromatic rings. The molecule has 0 aliphatic heterocycles. The van der Waals surface area contributed by atoms with Crippen LogP contribution in [0.3, 0.4) is 0 Å². The zero-order valence-corrected chi connectivity index (χ0v) is 18.2. The molecule has 0 spiro atoms. The predicted octanol–water partition coefficient (Wildman–Crippen LogP) is 4.72. The molecule has 1 aromatic heterocycles. The lowest BCUT2D eigenvalue weighted by atomic mass is 10.0. The average molecular weight is 477 g/mol. The van der Waals surface area contributed by atoms with Crippen LogP contribution in [0.15, 0.2) is 77.3 Å². The van der Waals surface area contributed by atoms with Crippen LogP contribution < -0.4 is 0 Å². The molecule has 31 heavy (non-hydrogen) atoms. The Morgan fingerprint density at radius 2 is 0.839 bits per heavy atom. The number of halogens is 1. The Kier molecular flexibility index (Phi) is 6.53. The molecule has 6 heteroatoms. The number of hydrogen-bond acceptors (Lipinski definition) is 5. The van der Waals surface area contributed by atoms with Crippen molar-refractivity contribution < 1.29 is 15.3 Å². The van der Waals surface area contributed by atoms with E-state index < -0.39 is 0 Å². The van der Waals surface area contributed by atoms with Crippen molar-refractivity contribution in [3.05, 3.63) is 94.0 Å². The van der Waals surface area contributed by atoms with Crippen molar-refractivity contribution in [2.45, 2.75) is 19.8 Å². The maximum Gasteiger partial charge on any atom is 0.160 e. The summed E-state index contributed by atoms with van der Waals surface area (Å²) >= 11 is 3.70. The van der Waals surface area contributed by atoms with Gasteiger partial charge in [0.05, 0.1) is 35.7 Å². The second kappa shape index (κ2) is 9.49. The standard InChI is InChI=1S/C25H21BrN2O3/c26-22-23(19-7-1-16(13-29)2-8-19)27-25(21-11-5-18(15-31)6-12-21)28-24(22)20-9-3-17(14-30)4-10-20/h1-12,29-31H,13-15H2. The summed E-state index contributed by atoms with van der Waals surface area (Å²) in [7, 11) is 0. The van der Waals surface area contributed by atoms with Crippen molar-refractivity contribution in [1.29, 1.82) is 0 Å². The summed E-state index contributed by atoms with van der Waals surface area (Å²) < 4.78 is 0.761. The van der Waals surface area contributed by atoms with Gasteiger partial charge in [0, 0.05) is 16.7 Å². The monoisotopic (exact) mass is 476 g/mol. The van der Waals surface area contributed by atoms with Crippen LogP contribution >= 0.6 is 15.9 Å². The van der Waals surface area contributed by atoms with Gasteiger partial charge >= 0.3 is 0 Å². The predicted molar refractivity (Wildman–Crippen MR) is 124 cm³/mol. The summed E-state index contributed by atoms with van der Waals surface area (Å²) in [4.78, 5) is 9.64.